The summed E-state index contributed by atoms with van der Waals surface area (Å²) in [6.07, 6.45) is 2.18. The zero-order chi connectivity index (χ0) is 13.5. The number of hydrogen-bond acceptors (Lipinski definition) is 5. The Morgan fingerprint density at radius 1 is 1.39 bits per heavy atom. The molecule has 0 saturated heterocycles. The Hall–Kier alpha value is -1.85. The molecule has 1 aromatic heterocycles. The number of nitrogens with one attached hydrogen (secondary N) is 1. The van der Waals surface area contributed by atoms with Gasteiger partial charge in [-0.05, 0) is 20.3 Å². The Bertz CT molecular complexity index is 407. The van der Waals surface area contributed by atoms with Gasteiger partial charge in [-0.25, -0.2) is 9.97 Å². The van der Waals surface area contributed by atoms with Crippen LogP contribution < -0.4 is 16.0 Å². The van der Waals surface area contributed by atoms with Gasteiger partial charge in [0.15, 0.2) is 0 Å². The van der Waals surface area contributed by atoms with Gasteiger partial charge in [0.05, 0.1) is 6.54 Å². The fraction of sp³-hybridized carbons (Fsp3) is 0.583. The molecule has 6 nitrogen and oxygen atoms in total. The Kier molecular flexibility index (Phi) is 5.35. The summed E-state index contributed by atoms with van der Waals surface area (Å²) in [5, 5.41) is 2.78. The van der Waals surface area contributed by atoms with Crippen molar-refractivity contribution in [2.45, 2.75) is 27.2 Å². The van der Waals surface area contributed by atoms with Crippen molar-refractivity contribution in [3.8, 4) is 0 Å². The van der Waals surface area contributed by atoms with Crippen LogP contribution in [-0.2, 0) is 11.2 Å². The molecule has 1 heterocycles. The van der Waals surface area contributed by atoms with Gasteiger partial charge in [0.2, 0.25) is 5.91 Å². The molecule has 0 aromatic carbocycles. The molecule has 1 rings (SSSR count). The van der Waals surface area contributed by atoms with Crippen LogP contribution in [0.4, 0.5) is 11.6 Å². The molecule has 1 amide bonds. The van der Waals surface area contributed by atoms with Crippen LogP contribution in [0.5, 0.6) is 0 Å². The molecule has 100 valence electrons. The molecule has 0 aliphatic carbocycles. The van der Waals surface area contributed by atoms with Crippen molar-refractivity contribution in [3.63, 3.8) is 0 Å². The number of carbonyl (C=O) groups is 1. The fourth-order valence-electron chi connectivity index (χ4n) is 1.79. The Labute approximate surface area is 108 Å². The summed E-state index contributed by atoms with van der Waals surface area (Å²) in [6, 6.07) is 0. The predicted molar refractivity (Wildman–Crippen MR) is 72.4 cm³/mol. The van der Waals surface area contributed by atoms with Crippen LogP contribution in [0.15, 0.2) is 6.33 Å². The van der Waals surface area contributed by atoms with Crippen LogP contribution in [0.1, 0.15) is 26.3 Å². The van der Waals surface area contributed by atoms with Crippen molar-refractivity contribution < 1.29 is 4.79 Å². The first-order chi connectivity index (χ1) is 8.63. The van der Waals surface area contributed by atoms with E-state index in [-0.39, 0.29) is 12.5 Å². The number of nitrogen functional groups attached to an aromatic ring is 1. The van der Waals surface area contributed by atoms with Gasteiger partial charge in [0.25, 0.3) is 0 Å². The summed E-state index contributed by atoms with van der Waals surface area (Å²) in [5.41, 5.74) is 6.73. The molecule has 3 N–H and O–H groups in total. The van der Waals surface area contributed by atoms with Gasteiger partial charge >= 0.3 is 0 Å². The molecule has 0 bridgehead atoms. The monoisotopic (exact) mass is 251 g/mol. The summed E-state index contributed by atoms with van der Waals surface area (Å²) >= 11 is 0. The van der Waals surface area contributed by atoms with Crippen LogP contribution >= 0.6 is 0 Å². The Morgan fingerprint density at radius 2 is 2.11 bits per heavy atom. The molecule has 0 aliphatic rings. The second-order valence-corrected chi connectivity index (χ2v) is 3.88. The molecule has 0 atom stereocenters. The summed E-state index contributed by atoms with van der Waals surface area (Å²) in [5.74, 6) is 1.22. The minimum absolute atomic E-state index is 0.0152. The quantitative estimate of drug-likeness (QED) is 0.772. The number of amides is 1. The Balaban J connectivity index is 2.94. The van der Waals surface area contributed by atoms with Crippen LogP contribution in [0.2, 0.25) is 0 Å². The van der Waals surface area contributed by atoms with Crippen LogP contribution in [-0.4, -0.2) is 35.5 Å². The van der Waals surface area contributed by atoms with Gasteiger partial charge in [0.1, 0.15) is 18.0 Å². The highest BCUT2D eigenvalue weighted by atomic mass is 16.2. The number of likely N-dealkylation sites (N-methyl/N-ethyl adjacent to an activating group) is 2. The van der Waals surface area contributed by atoms with E-state index in [1.807, 2.05) is 25.7 Å². The smallest absolute Gasteiger partial charge is 0.239 e. The number of nitrogens with two attached hydrogens (primary N) is 1. The first-order valence-corrected chi connectivity index (χ1v) is 6.24. The number of hydrogen-bond donors (Lipinski definition) is 2. The van der Waals surface area contributed by atoms with Gasteiger partial charge < -0.3 is 16.0 Å². The lowest BCUT2D eigenvalue weighted by atomic mass is 10.2. The van der Waals surface area contributed by atoms with Crippen molar-refractivity contribution in [2.75, 3.05) is 30.3 Å². The summed E-state index contributed by atoms with van der Waals surface area (Å²) in [4.78, 5) is 21.8. The third-order valence-corrected chi connectivity index (χ3v) is 2.70. The molecular formula is C12H21N5O. The van der Waals surface area contributed by atoms with E-state index in [9.17, 15) is 4.79 Å². The first kappa shape index (κ1) is 14.2. The highest BCUT2D eigenvalue weighted by Gasteiger charge is 2.15. The summed E-state index contributed by atoms with van der Waals surface area (Å²) in [6.45, 7) is 7.49. The second-order valence-electron chi connectivity index (χ2n) is 3.88. The zero-order valence-electron chi connectivity index (χ0n) is 11.2. The number of rotatable bonds is 6. The maximum Gasteiger partial charge on any atom is 0.239 e. The largest absolute Gasteiger partial charge is 0.383 e. The normalized spacial score (nSPS) is 10.2. The van der Waals surface area contributed by atoms with E-state index < -0.39 is 0 Å². The van der Waals surface area contributed by atoms with Crippen molar-refractivity contribution >= 4 is 17.5 Å². The summed E-state index contributed by atoms with van der Waals surface area (Å²) in [7, 11) is 0. The van der Waals surface area contributed by atoms with Gasteiger partial charge in [0, 0.05) is 18.7 Å². The van der Waals surface area contributed by atoms with Crippen molar-refractivity contribution in [2.24, 2.45) is 0 Å². The number of carbonyl (C=O) groups excluding carboxylic acids is 1. The lowest BCUT2D eigenvalue weighted by Gasteiger charge is -2.23. The highest BCUT2D eigenvalue weighted by molar-refractivity contribution is 5.81. The SMILES string of the molecule is CCNC(=O)CN(CC)c1ncnc(N)c1CC. The summed E-state index contributed by atoms with van der Waals surface area (Å²) < 4.78 is 0. The third-order valence-electron chi connectivity index (χ3n) is 2.70. The Morgan fingerprint density at radius 3 is 2.67 bits per heavy atom. The first-order valence-electron chi connectivity index (χ1n) is 6.24. The fourth-order valence-corrected chi connectivity index (χ4v) is 1.79. The zero-order valence-corrected chi connectivity index (χ0v) is 11.2. The predicted octanol–water partition coefficient (Wildman–Crippen LogP) is 0.584. The number of nitrogens with zero attached hydrogens (tertiary/aromatic N) is 3. The molecule has 0 spiro atoms. The van der Waals surface area contributed by atoms with Crippen molar-refractivity contribution in [3.05, 3.63) is 11.9 Å². The minimum atomic E-state index is -0.0152. The van der Waals surface area contributed by atoms with Crippen LogP contribution in [0, 0.1) is 0 Å². The van der Waals surface area contributed by atoms with E-state index in [1.165, 1.54) is 6.33 Å². The molecule has 18 heavy (non-hydrogen) atoms. The van der Waals surface area contributed by atoms with Crippen molar-refractivity contribution in [1.82, 2.24) is 15.3 Å². The van der Waals surface area contributed by atoms with E-state index >= 15 is 0 Å². The molecule has 0 saturated carbocycles. The molecule has 0 unspecified atom stereocenters. The van der Waals surface area contributed by atoms with Gasteiger partial charge in [-0.1, -0.05) is 6.92 Å². The molecular weight excluding hydrogens is 230 g/mol. The average Bonchev–Trinajstić information content (AvgIpc) is 2.36. The van der Waals surface area contributed by atoms with Gasteiger partial charge in [-0.2, -0.15) is 0 Å². The maximum atomic E-state index is 11.6. The average molecular weight is 251 g/mol. The van der Waals surface area contributed by atoms with E-state index in [0.717, 1.165) is 17.8 Å². The highest BCUT2D eigenvalue weighted by Crippen LogP contribution is 2.21. The van der Waals surface area contributed by atoms with Crippen LogP contribution in [0.25, 0.3) is 0 Å². The van der Waals surface area contributed by atoms with E-state index in [2.05, 4.69) is 15.3 Å². The number of anilines is 2. The molecule has 1 aromatic rings. The maximum absolute atomic E-state index is 11.6. The van der Waals surface area contributed by atoms with E-state index in [0.29, 0.717) is 18.9 Å². The van der Waals surface area contributed by atoms with E-state index in [1.54, 1.807) is 0 Å². The van der Waals surface area contributed by atoms with E-state index in [4.69, 9.17) is 5.73 Å². The van der Waals surface area contributed by atoms with Crippen LogP contribution in [0.3, 0.4) is 0 Å². The lowest BCUT2D eigenvalue weighted by Crippen LogP contribution is -2.38. The topological polar surface area (TPSA) is 84.1 Å². The minimum Gasteiger partial charge on any atom is -0.383 e. The van der Waals surface area contributed by atoms with Gasteiger partial charge in [-0.3, -0.25) is 4.79 Å². The standard InChI is InChI=1S/C12H21N5O/c1-4-9-11(13)15-8-16-12(9)17(6-3)7-10(18)14-5-2/h8H,4-7H2,1-3H3,(H,14,18)(H2,13,15,16). The molecule has 6 heteroatoms. The second kappa shape index (κ2) is 6.78. The molecule has 0 fully saturated rings. The molecule has 0 radical (unpaired) electrons. The lowest BCUT2D eigenvalue weighted by molar-refractivity contribution is -0.119. The number of aromatic nitrogens is 2. The third kappa shape index (κ3) is 3.32. The van der Waals surface area contributed by atoms with Gasteiger partial charge in [-0.15, -0.1) is 0 Å². The molecule has 0 aliphatic heterocycles. The van der Waals surface area contributed by atoms with Crippen molar-refractivity contribution in [1.29, 1.82) is 0 Å².